The summed E-state index contributed by atoms with van der Waals surface area (Å²) in [5.41, 5.74) is 1.09. The fourth-order valence-corrected chi connectivity index (χ4v) is 1.27. The van der Waals surface area contributed by atoms with E-state index in [9.17, 15) is 4.79 Å². The van der Waals surface area contributed by atoms with E-state index < -0.39 is 5.97 Å². The standard InChI is InChI=1S/C11H11N3O3/c1-7-4-12-9(14-7)6-17-10-3-2-8(5-13-10)11(15)16/h2-5H,6H2,1H3,(H,12,14)(H,15,16). The summed E-state index contributed by atoms with van der Waals surface area (Å²) in [6.07, 6.45) is 2.96. The van der Waals surface area contributed by atoms with Gasteiger partial charge in [-0.1, -0.05) is 0 Å². The van der Waals surface area contributed by atoms with Crippen LogP contribution in [-0.2, 0) is 6.61 Å². The second kappa shape index (κ2) is 4.65. The number of aromatic amines is 1. The molecule has 88 valence electrons. The van der Waals surface area contributed by atoms with Crippen LogP contribution in [0.25, 0.3) is 0 Å². The van der Waals surface area contributed by atoms with Gasteiger partial charge in [-0.15, -0.1) is 0 Å². The van der Waals surface area contributed by atoms with Gasteiger partial charge in [-0.3, -0.25) is 0 Å². The van der Waals surface area contributed by atoms with Crippen LogP contribution in [0.15, 0.2) is 24.5 Å². The Morgan fingerprint density at radius 3 is 2.76 bits per heavy atom. The number of carboxylic acid groups (broad SMARTS) is 1. The summed E-state index contributed by atoms with van der Waals surface area (Å²) in [6.45, 7) is 2.17. The molecule has 0 aliphatic heterocycles. The third-order valence-electron chi connectivity index (χ3n) is 2.10. The minimum absolute atomic E-state index is 0.131. The summed E-state index contributed by atoms with van der Waals surface area (Å²) < 4.78 is 5.34. The first-order chi connectivity index (χ1) is 8.15. The van der Waals surface area contributed by atoms with Crippen molar-refractivity contribution in [1.82, 2.24) is 15.0 Å². The molecule has 0 fully saturated rings. The number of imidazole rings is 1. The molecule has 0 spiro atoms. The van der Waals surface area contributed by atoms with Crippen LogP contribution in [0.3, 0.4) is 0 Å². The highest BCUT2D eigenvalue weighted by Gasteiger charge is 2.04. The van der Waals surface area contributed by atoms with Crippen molar-refractivity contribution in [1.29, 1.82) is 0 Å². The quantitative estimate of drug-likeness (QED) is 0.833. The number of rotatable bonds is 4. The molecule has 17 heavy (non-hydrogen) atoms. The minimum atomic E-state index is -1.01. The van der Waals surface area contributed by atoms with Crippen molar-refractivity contribution in [3.63, 3.8) is 0 Å². The van der Waals surface area contributed by atoms with Gasteiger partial charge in [0.2, 0.25) is 5.88 Å². The Bertz CT molecular complexity index is 519. The lowest BCUT2D eigenvalue weighted by atomic mass is 10.3. The van der Waals surface area contributed by atoms with Crippen molar-refractivity contribution in [2.45, 2.75) is 13.5 Å². The van der Waals surface area contributed by atoms with Gasteiger partial charge in [0.1, 0.15) is 12.4 Å². The number of aryl methyl sites for hydroxylation is 1. The fraction of sp³-hybridized carbons (Fsp3) is 0.182. The molecule has 2 rings (SSSR count). The van der Waals surface area contributed by atoms with E-state index >= 15 is 0 Å². The summed E-state index contributed by atoms with van der Waals surface area (Å²) in [7, 11) is 0. The zero-order valence-corrected chi connectivity index (χ0v) is 9.17. The van der Waals surface area contributed by atoms with E-state index in [1.807, 2.05) is 6.92 Å². The first-order valence-corrected chi connectivity index (χ1v) is 4.98. The molecule has 0 bridgehead atoms. The van der Waals surface area contributed by atoms with Crippen molar-refractivity contribution in [3.05, 3.63) is 41.6 Å². The molecular weight excluding hydrogens is 222 g/mol. The highest BCUT2D eigenvalue weighted by molar-refractivity contribution is 5.87. The first-order valence-electron chi connectivity index (χ1n) is 4.98. The molecule has 0 aromatic carbocycles. The second-order valence-electron chi connectivity index (χ2n) is 3.49. The van der Waals surface area contributed by atoms with Crippen molar-refractivity contribution in [3.8, 4) is 5.88 Å². The number of hydrogen-bond donors (Lipinski definition) is 2. The number of nitrogens with one attached hydrogen (secondary N) is 1. The Morgan fingerprint density at radius 2 is 2.24 bits per heavy atom. The first kappa shape index (κ1) is 11.1. The van der Waals surface area contributed by atoms with Gasteiger partial charge < -0.3 is 14.8 Å². The average molecular weight is 233 g/mol. The van der Waals surface area contributed by atoms with E-state index in [1.54, 1.807) is 6.20 Å². The van der Waals surface area contributed by atoms with E-state index in [1.165, 1.54) is 18.3 Å². The van der Waals surface area contributed by atoms with E-state index in [2.05, 4.69) is 15.0 Å². The number of aromatic nitrogens is 3. The molecule has 0 amide bonds. The van der Waals surface area contributed by atoms with Crippen LogP contribution >= 0.6 is 0 Å². The van der Waals surface area contributed by atoms with Crippen molar-refractivity contribution < 1.29 is 14.6 Å². The zero-order valence-electron chi connectivity index (χ0n) is 9.17. The number of carboxylic acids is 1. The summed E-state index contributed by atoms with van der Waals surface area (Å²) >= 11 is 0. The molecule has 0 saturated heterocycles. The predicted molar refractivity (Wildman–Crippen MR) is 58.9 cm³/mol. The predicted octanol–water partition coefficient (Wildman–Crippen LogP) is 1.39. The number of carbonyl (C=O) groups is 1. The van der Waals surface area contributed by atoms with Gasteiger partial charge in [0.15, 0.2) is 0 Å². The molecule has 0 radical (unpaired) electrons. The third kappa shape index (κ3) is 2.81. The maximum atomic E-state index is 10.6. The largest absolute Gasteiger partial charge is 0.478 e. The summed E-state index contributed by atoms with van der Waals surface area (Å²) in [6, 6.07) is 2.96. The number of hydrogen-bond acceptors (Lipinski definition) is 4. The van der Waals surface area contributed by atoms with E-state index in [0.29, 0.717) is 11.7 Å². The van der Waals surface area contributed by atoms with Crippen LogP contribution in [-0.4, -0.2) is 26.0 Å². The molecule has 0 unspecified atom stereocenters. The smallest absolute Gasteiger partial charge is 0.337 e. The monoisotopic (exact) mass is 233 g/mol. The number of H-pyrrole nitrogens is 1. The molecule has 0 atom stereocenters. The Morgan fingerprint density at radius 1 is 1.41 bits per heavy atom. The lowest BCUT2D eigenvalue weighted by Crippen LogP contribution is -2.01. The molecule has 0 saturated carbocycles. The van der Waals surface area contributed by atoms with Crippen molar-refractivity contribution in [2.24, 2.45) is 0 Å². The van der Waals surface area contributed by atoms with Crippen LogP contribution in [0.5, 0.6) is 5.88 Å². The SMILES string of the molecule is Cc1cnc(COc2ccc(C(=O)O)cn2)[nH]1. The van der Waals surface area contributed by atoms with Gasteiger partial charge in [0.25, 0.3) is 0 Å². The third-order valence-corrected chi connectivity index (χ3v) is 2.10. The number of nitrogens with zero attached hydrogens (tertiary/aromatic N) is 2. The van der Waals surface area contributed by atoms with Gasteiger partial charge in [-0.25, -0.2) is 14.8 Å². The lowest BCUT2D eigenvalue weighted by Gasteiger charge is -2.02. The Hall–Kier alpha value is -2.37. The van der Waals surface area contributed by atoms with Crippen molar-refractivity contribution in [2.75, 3.05) is 0 Å². The Balaban J connectivity index is 1.97. The highest BCUT2D eigenvalue weighted by Crippen LogP contribution is 2.09. The van der Waals surface area contributed by atoms with Gasteiger partial charge in [-0.2, -0.15) is 0 Å². The van der Waals surface area contributed by atoms with Crippen LogP contribution < -0.4 is 4.74 Å². The molecule has 0 aliphatic carbocycles. The van der Waals surface area contributed by atoms with Crippen LogP contribution in [0.2, 0.25) is 0 Å². The molecule has 2 heterocycles. The summed E-state index contributed by atoms with van der Waals surface area (Å²) in [4.78, 5) is 21.6. The van der Waals surface area contributed by atoms with Crippen molar-refractivity contribution >= 4 is 5.97 Å². The highest BCUT2D eigenvalue weighted by atomic mass is 16.5. The van der Waals surface area contributed by atoms with E-state index in [-0.39, 0.29) is 12.2 Å². The Kier molecular flexibility index (Phi) is 3.04. The molecule has 2 aromatic heterocycles. The zero-order chi connectivity index (χ0) is 12.3. The number of ether oxygens (including phenoxy) is 1. The van der Waals surface area contributed by atoms with Gasteiger partial charge in [0.05, 0.1) is 5.56 Å². The maximum Gasteiger partial charge on any atom is 0.337 e. The van der Waals surface area contributed by atoms with Crippen LogP contribution in [0.4, 0.5) is 0 Å². The maximum absolute atomic E-state index is 10.6. The van der Waals surface area contributed by atoms with Gasteiger partial charge >= 0.3 is 5.97 Å². The number of aromatic carboxylic acids is 1. The summed E-state index contributed by atoms with van der Waals surface area (Å²) in [5, 5.41) is 8.69. The lowest BCUT2D eigenvalue weighted by molar-refractivity contribution is 0.0696. The topological polar surface area (TPSA) is 88.1 Å². The second-order valence-corrected chi connectivity index (χ2v) is 3.49. The minimum Gasteiger partial charge on any atom is -0.478 e. The average Bonchev–Trinajstić information content (AvgIpc) is 2.73. The fourth-order valence-electron chi connectivity index (χ4n) is 1.27. The molecule has 6 nitrogen and oxygen atoms in total. The molecule has 2 N–H and O–H groups in total. The summed E-state index contributed by atoms with van der Waals surface area (Å²) in [5.74, 6) is 0.0568. The molecule has 6 heteroatoms. The molecule has 0 aliphatic rings. The van der Waals surface area contributed by atoms with Crippen LogP contribution in [0, 0.1) is 6.92 Å². The molecular formula is C11H11N3O3. The van der Waals surface area contributed by atoms with E-state index in [4.69, 9.17) is 9.84 Å². The normalized spacial score (nSPS) is 10.2. The van der Waals surface area contributed by atoms with E-state index in [0.717, 1.165) is 5.69 Å². The molecule has 2 aromatic rings. The Labute approximate surface area is 97.3 Å². The van der Waals surface area contributed by atoms with Gasteiger partial charge in [-0.05, 0) is 13.0 Å². The van der Waals surface area contributed by atoms with Gasteiger partial charge in [0, 0.05) is 24.2 Å². The van der Waals surface area contributed by atoms with Crippen LogP contribution in [0.1, 0.15) is 21.9 Å². The number of pyridine rings is 1.